The highest BCUT2D eigenvalue weighted by Crippen LogP contribution is 2.25. The summed E-state index contributed by atoms with van der Waals surface area (Å²) in [5.74, 6) is 0.0331. The zero-order valence-corrected chi connectivity index (χ0v) is 11.0. The van der Waals surface area contributed by atoms with Gasteiger partial charge in [0.15, 0.2) is 15.8 Å². The number of rotatable bonds is 3. The lowest BCUT2D eigenvalue weighted by Gasteiger charge is -2.29. The van der Waals surface area contributed by atoms with Gasteiger partial charge in [-0.2, -0.15) is 0 Å². The minimum atomic E-state index is -3.16. The molecule has 2 saturated heterocycles. The van der Waals surface area contributed by atoms with Gasteiger partial charge in [0.2, 0.25) is 0 Å². The summed E-state index contributed by atoms with van der Waals surface area (Å²) in [6, 6.07) is 0. The Morgan fingerprint density at radius 3 is 2.94 bits per heavy atom. The first kappa shape index (κ1) is 13.3. The average molecular weight is 275 g/mol. The summed E-state index contributed by atoms with van der Waals surface area (Å²) < 4.78 is 28.1. The normalized spacial score (nSPS) is 32.5. The maximum absolute atomic E-state index is 11.9. The van der Waals surface area contributed by atoms with Crippen LogP contribution in [0.2, 0.25) is 0 Å². The lowest BCUT2D eigenvalue weighted by Crippen LogP contribution is -2.55. The van der Waals surface area contributed by atoms with E-state index in [1.807, 2.05) is 0 Å². The molecule has 1 amide bonds. The third-order valence-electron chi connectivity index (χ3n) is 3.11. The standard InChI is InChI=1S/C10H17N3O4S/c1-17-5-4-11-9-12-8(14)10(13-9)3-2-6-18(15,16)7-10/h2-7H2,1H3,(H2,11,12,13,14). The molecule has 1 unspecified atom stereocenters. The van der Waals surface area contributed by atoms with Gasteiger partial charge >= 0.3 is 0 Å². The SMILES string of the molecule is COCCN=C1NC(=O)C2(CCCS(=O)(=O)C2)N1. The van der Waals surface area contributed by atoms with E-state index in [2.05, 4.69) is 15.6 Å². The molecule has 8 heteroatoms. The molecule has 2 heterocycles. The molecule has 0 aromatic rings. The average Bonchev–Trinajstić information content (AvgIpc) is 2.54. The third-order valence-corrected chi connectivity index (χ3v) is 4.96. The van der Waals surface area contributed by atoms with E-state index in [0.29, 0.717) is 32.0 Å². The molecule has 2 N–H and O–H groups in total. The number of guanidine groups is 1. The molecule has 2 fully saturated rings. The molecule has 0 aromatic carbocycles. The van der Waals surface area contributed by atoms with Gasteiger partial charge in [0.25, 0.3) is 5.91 Å². The molecule has 1 atom stereocenters. The van der Waals surface area contributed by atoms with Crippen LogP contribution in [0.25, 0.3) is 0 Å². The Labute approximate surface area is 106 Å². The summed E-state index contributed by atoms with van der Waals surface area (Å²) in [7, 11) is -1.59. The Morgan fingerprint density at radius 2 is 2.28 bits per heavy atom. The molecule has 2 rings (SSSR count). The van der Waals surface area contributed by atoms with Crippen LogP contribution in [0.5, 0.6) is 0 Å². The van der Waals surface area contributed by atoms with Crippen LogP contribution in [0.1, 0.15) is 12.8 Å². The van der Waals surface area contributed by atoms with Crippen LogP contribution in [-0.4, -0.2) is 57.6 Å². The van der Waals surface area contributed by atoms with E-state index in [-0.39, 0.29) is 17.4 Å². The fraction of sp³-hybridized carbons (Fsp3) is 0.800. The minimum absolute atomic E-state index is 0.153. The van der Waals surface area contributed by atoms with Gasteiger partial charge in [-0.05, 0) is 12.8 Å². The number of carbonyl (C=O) groups is 1. The fourth-order valence-corrected chi connectivity index (χ4v) is 4.09. The van der Waals surface area contributed by atoms with Gasteiger partial charge in [0.1, 0.15) is 5.54 Å². The van der Waals surface area contributed by atoms with Gasteiger partial charge in [-0.1, -0.05) is 0 Å². The molecular weight excluding hydrogens is 258 g/mol. The summed E-state index contributed by atoms with van der Waals surface area (Å²) in [5, 5.41) is 5.52. The maximum Gasteiger partial charge on any atom is 0.253 e. The predicted molar refractivity (Wildman–Crippen MR) is 66.1 cm³/mol. The van der Waals surface area contributed by atoms with Crippen molar-refractivity contribution in [3.63, 3.8) is 0 Å². The van der Waals surface area contributed by atoms with Crippen molar-refractivity contribution in [2.75, 3.05) is 31.8 Å². The number of aliphatic imine (C=N–C) groups is 1. The van der Waals surface area contributed by atoms with Crippen molar-refractivity contribution in [3.05, 3.63) is 0 Å². The third kappa shape index (κ3) is 2.64. The van der Waals surface area contributed by atoms with Crippen molar-refractivity contribution in [3.8, 4) is 0 Å². The van der Waals surface area contributed by atoms with E-state index in [4.69, 9.17) is 4.74 Å². The number of nitrogens with one attached hydrogen (secondary N) is 2. The Morgan fingerprint density at radius 1 is 1.50 bits per heavy atom. The Hall–Kier alpha value is -1.15. The quantitative estimate of drug-likeness (QED) is 0.621. The molecule has 2 aliphatic heterocycles. The Bertz CT molecular complexity index is 474. The van der Waals surface area contributed by atoms with Gasteiger partial charge in [-0.3, -0.25) is 15.1 Å². The monoisotopic (exact) mass is 275 g/mol. The second kappa shape index (κ2) is 4.85. The molecule has 0 bridgehead atoms. The van der Waals surface area contributed by atoms with Crippen LogP contribution in [0, 0.1) is 0 Å². The first-order chi connectivity index (χ1) is 8.47. The van der Waals surface area contributed by atoms with E-state index in [9.17, 15) is 13.2 Å². The summed E-state index contributed by atoms with van der Waals surface area (Å²) in [4.78, 5) is 16.0. The molecule has 0 saturated carbocycles. The highest BCUT2D eigenvalue weighted by molar-refractivity contribution is 7.91. The lowest BCUT2D eigenvalue weighted by atomic mass is 9.96. The zero-order valence-electron chi connectivity index (χ0n) is 10.2. The molecule has 0 radical (unpaired) electrons. The highest BCUT2D eigenvalue weighted by Gasteiger charge is 2.49. The van der Waals surface area contributed by atoms with Crippen molar-refractivity contribution in [2.45, 2.75) is 18.4 Å². The molecular formula is C10H17N3O4S. The van der Waals surface area contributed by atoms with Crippen LogP contribution in [-0.2, 0) is 19.4 Å². The molecule has 18 heavy (non-hydrogen) atoms. The minimum Gasteiger partial charge on any atom is -0.383 e. The topological polar surface area (TPSA) is 96.9 Å². The van der Waals surface area contributed by atoms with Crippen molar-refractivity contribution < 1.29 is 17.9 Å². The highest BCUT2D eigenvalue weighted by atomic mass is 32.2. The number of methoxy groups -OCH3 is 1. The second-order valence-electron chi connectivity index (χ2n) is 4.58. The smallest absolute Gasteiger partial charge is 0.253 e. The fourth-order valence-electron chi connectivity index (χ4n) is 2.26. The Balaban J connectivity index is 2.11. The summed E-state index contributed by atoms with van der Waals surface area (Å²) in [6.45, 7) is 0.869. The molecule has 0 aromatic heterocycles. The van der Waals surface area contributed by atoms with Crippen LogP contribution in [0.3, 0.4) is 0 Å². The van der Waals surface area contributed by atoms with Crippen LogP contribution >= 0.6 is 0 Å². The molecule has 2 aliphatic rings. The van der Waals surface area contributed by atoms with E-state index in [0.717, 1.165) is 0 Å². The Kier molecular flexibility index (Phi) is 3.58. The summed E-state index contributed by atoms with van der Waals surface area (Å²) in [5.41, 5.74) is -1.02. The number of amides is 1. The van der Waals surface area contributed by atoms with E-state index in [1.165, 1.54) is 0 Å². The number of sulfone groups is 1. The number of carbonyl (C=O) groups excluding carboxylic acids is 1. The van der Waals surface area contributed by atoms with Gasteiger partial charge in [-0.15, -0.1) is 0 Å². The molecule has 7 nitrogen and oxygen atoms in total. The number of hydrogen-bond donors (Lipinski definition) is 2. The lowest BCUT2D eigenvalue weighted by molar-refractivity contribution is -0.123. The second-order valence-corrected chi connectivity index (χ2v) is 6.76. The molecule has 1 spiro atoms. The first-order valence-corrected chi connectivity index (χ1v) is 7.63. The van der Waals surface area contributed by atoms with Gasteiger partial charge in [-0.25, -0.2) is 8.42 Å². The molecule has 0 aliphatic carbocycles. The van der Waals surface area contributed by atoms with Crippen molar-refractivity contribution in [1.82, 2.24) is 10.6 Å². The zero-order chi connectivity index (χ0) is 13.2. The van der Waals surface area contributed by atoms with Gasteiger partial charge in [0, 0.05) is 7.11 Å². The number of hydrogen-bond acceptors (Lipinski definition) is 5. The van der Waals surface area contributed by atoms with Crippen molar-refractivity contribution in [2.24, 2.45) is 4.99 Å². The van der Waals surface area contributed by atoms with Crippen LogP contribution in [0.4, 0.5) is 0 Å². The summed E-state index contributed by atoms with van der Waals surface area (Å²) >= 11 is 0. The van der Waals surface area contributed by atoms with E-state index < -0.39 is 15.4 Å². The van der Waals surface area contributed by atoms with E-state index in [1.54, 1.807) is 7.11 Å². The van der Waals surface area contributed by atoms with E-state index >= 15 is 0 Å². The van der Waals surface area contributed by atoms with Crippen molar-refractivity contribution in [1.29, 1.82) is 0 Å². The van der Waals surface area contributed by atoms with Crippen LogP contribution in [0.15, 0.2) is 4.99 Å². The number of nitrogens with zero attached hydrogens (tertiary/aromatic N) is 1. The maximum atomic E-state index is 11.9. The van der Waals surface area contributed by atoms with Crippen molar-refractivity contribution >= 4 is 21.7 Å². The largest absolute Gasteiger partial charge is 0.383 e. The first-order valence-electron chi connectivity index (χ1n) is 5.81. The van der Waals surface area contributed by atoms with Gasteiger partial charge in [0.05, 0.1) is 24.7 Å². The van der Waals surface area contributed by atoms with Gasteiger partial charge < -0.3 is 10.1 Å². The van der Waals surface area contributed by atoms with Crippen LogP contribution < -0.4 is 10.6 Å². The molecule has 102 valence electrons. The number of ether oxygens (including phenoxy) is 1. The summed E-state index contributed by atoms with van der Waals surface area (Å²) in [6.07, 6.45) is 1.01. The predicted octanol–water partition coefficient (Wildman–Crippen LogP) is -1.34.